The predicted octanol–water partition coefficient (Wildman–Crippen LogP) is 5.17. The molecule has 0 aliphatic carbocycles. The van der Waals surface area contributed by atoms with E-state index < -0.39 is 0 Å². The van der Waals surface area contributed by atoms with Gasteiger partial charge in [0.15, 0.2) is 0 Å². The molecule has 180 valence electrons. The van der Waals surface area contributed by atoms with E-state index >= 15 is 0 Å². The molecule has 1 aliphatic rings. The maximum absolute atomic E-state index is 13.5. The number of rotatable bonds is 8. The van der Waals surface area contributed by atoms with Crippen molar-refractivity contribution in [1.82, 2.24) is 10.3 Å². The second kappa shape index (κ2) is 11.0. The Kier molecular flexibility index (Phi) is 7.55. The largest absolute Gasteiger partial charge is 0.497 e. The monoisotopic (exact) mass is 473 g/mol. The molecule has 2 amide bonds. The van der Waals surface area contributed by atoms with Crippen molar-refractivity contribution in [2.24, 2.45) is 5.10 Å². The van der Waals surface area contributed by atoms with Gasteiger partial charge in [-0.25, -0.2) is 9.40 Å². The lowest BCUT2D eigenvalue weighted by molar-refractivity contribution is -0.135. The molecule has 1 heterocycles. The van der Waals surface area contributed by atoms with Crippen LogP contribution in [0.25, 0.3) is 0 Å². The highest BCUT2D eigenvalue weighted by molar-refractivity contribution is 6.03. The second-order valence-corrected chi connectivity index (χ2v) is 8.49. The summed E-state index contributed by atoms with van der Waals surface area (Å²) in [5, 5.41) is 8.98. The first-order chi connectivity index (χ1) is 16.9. The summed E-state index contributed by atoms with van der Waals surface area (Å²) in [6, 6.07) is 22.8. The molecule has 0 saturated heterocycles. The third-order valence-corrected chi connectivity index (χ3v) is 6.07. The zero-order valence-electron chi connectivity index (χ0n) is 19.8. The van der Waals surface area contributed by atoms with Crippen LogP contribution in [0.1, 0.15) is 55.0 Å². The Balaban J connectivity index is 1.45. The first-order valence-electron chi connectivity index (χ1n) is 11.6. The molecule has 6 nitrogen and oxygen atoms in total. The second-order valence-electron chi connectivity index (χ2n) is 8.49. The molecule has 0 spiro atoms. The normalized spacial score (nSPS) is 15.9. The van der Waals surface area contributed by atoms with E-state index in [4.69, 9.17) is 4.74 Å². The van der Waals surface area contributed by atoms with Crippen molar-refractivity contribution in [3.63, 3.8) is 0 Å². The van der Waals surface area contributed by atoms with Gasteiger partial charge in [-0.05, 0) is 47.9 Å². The van der Waals surface area contributed by atoms with Crippen molar-refractivity contribution in [2.45, 2.75) is 38.3 Å². The Hall–Kier alpha value is -4.00. The minimum atomic E-state index is -0.366. The molecule has 2 unspecified atom stereocenters. The van der Waals surface area contributed by atoms with Gasteiger partial charge in [0, 0.05) is 19.3 Å². The molecule has 1 aliphatic heterocycles. The highest BCUT2D eigenvalue weighted by Crippen LogP contribution is 2.34. The van der Waals surface area contributed by atoms with E-state index in [0.717, 1.165) is 22.6 Å². The number of carbonyl (C=O) groups is 2. The summed E-state index contributed by atoms with van der Waals surface area (Å²) in [4.78, 5) is 25.7. The van der Waals surface area contributed by atoms with Gasteiger partial charge in [0.05, 0.1) is 24.9 Å². The lowest BCUT2D eigenvalue weighted by Crippen LogP contribution is -2.30. The first kappa shape index (κ1) is 24.1. The van der Waals surface area contributed by atoms with Gasteiger partial charge in [-0.15, -0.1) is 0 Å². The van der Waals surface area contributed by atoms with Crippen LogP contribution in [0.2, 0.25) is 0 Å². The lowest BCUT2D eigenvalue weighted by atomic mass is 9.98. The van der Waals surface area contributed by atoms with Crippen LogP contribution in [0.5, 0.6) is 5.75 Å². The Morgan fingerprint density at radius 3 is 2.49 bits per heavy atom. The van der Waals surface area contributed by atoms with Crippen LogP contribution < -0.4 is 10.1 Å². The minimum Gasteiger partial charge on any atom is -0.497 e. The number of halogens is 1. The Morgan fingerprint density at radius 2 is 1.80 bits per heavy atom. The van der Waals surface area contributed by atoms with E-state index in [9.17, 15) is 14.0 Å². The van der Waals surface area contributed by atoms with Gasteiger partial charge in [-0.3, -0.25) is 9.59 Å². The van der Waals surface area contributed by atoms with Gasteiger partial charge in [0.25, 0.3) is 0 Å². The topological polar surface area (TPSA) is 71.0 Å². The van der Waals surface area contributed by atoms with Crippen LogP contribution in [-0.4, -0.2) is 29.6 Å². The van der Waals surface area contributed by atoms with Crippen LogP contribution in [-0.2, 0) is 9.59 Å². The fourth-order valence-corrected chi connectivity index (χ4v) is 4.14. The lowest BCUT2D eigenvalue weighted by Gasteiger charge is -2.22. The molecule has 0 saturated carbocycles. The number of hydrogen-bond donors (Lipinski definition) is 1. The van der Waals surface area contributed by atoms with Crippen molar-refractivity contribution in [1.29, 1.82) is 0 Å². The minimum absolute atomic E-state index is 0.0138. The number of hydrazone groups is 1. The molecule has 0 aromatic heterocycles. The van der Waals surface area contributed by atoms with Gasteiger partial charge in [-0.1, -0.05) is 54.6 Å². The van der Waals surface area contributed by atoms with Gasteiger partial charge in [-0.2, -0.15) is 5.10 Å². The van der Waals surface area contributed by atoms with Crippen LogP contribution in [0, 0.1) is 5.82 Å². The number of amides is 2. The molecule has 4 rings (SSSR count). The summed E-state index contributed by atoms with van der Waals surface area (Å²) in [7, 11) is 1.61. The van der Waals surface area contributed by atoms with Crippen molar-refractivity contribution in [3.05, 3.63) is 101 Å². The number of benzene rings is 3. The molecule has 35 heavy (non-hydrogen) atoms. The third-order valence-electron chi connectivity index (χ3n) is 6.07. The van der Waals surface area contributed by atoms with Crippen molar-refractivity contribution < 1.29 is 18.7 Å². The summed E-state index contributed by atoms with van der Waals surface area (Å²) in [5.74, 6) is -0.129. The fourth-order valence-electron chi connectivity index (χ4n) is 4.14. The number of ether oxygens (including phenoxy) is 1. The maximum atomic E-state index is 13.5. The zero-order chi connectivity index (χ0) is 24.8. The van der Waals surface area contributed by atoms with Crippen LogP contribution >= 0.6 is 0 Å². The number of nitrogens with zero attached hydrogens (tertiary/aromatic N) is 2. The first-order valence-corrected chi connectivity index (χ1v) is 11.6. The number of carbonyl (C=O) groups excluding carboxylic acids is 2. The third kappa shape index (κ3) is 5.93. The van der Waals surface area contributed by atoms with Gasteiger partial charge < -0.3 is 10.1 Å². The maximum Gasteiger partial charge on any atom is 0.243 e. The summed E-state index contributed by atoms with van der Waals surface area (Å²) >= 11 is 0. The molecule has 3 aromatic carbocycles. The Morgan fingerprint density at radius 1 is 1.06 bits per heavy atom. The average Bonchev–Trinajstić information content (AvgIpc) is 3.33. The molecule has 0 bridgehead atoms. The molecular weight excluding hydrogens is 445 g/mol. The molecule has 0 fully saturated rings. The number of methoxy groups -OCH3 is 1. The molecule has 7 heteroatoms. The van der Waals surface area contributed by atoms with Crippen LogP contribution in [0.4, 0.5) is 4.39 Å². The SMILES string of the molecule is COc1ccc(C2CC(c3ccccc3)=NN2C(=O)CCC(=O)NC(C)c2cccc(F)c2)cc1. The summed E-state index contributed by atoms with van der Waals surface area (Å²) in [6.07, 6.45) is 0.603. The van der Waals surface area contributed by atoms with Crippen LogP contribution in [0.15, 0.2) is 84.0 Å². The molecule has 0 radical (unpaired) electrons. The Labute approximate surface area is 204 Å². The zero-order valence-corrected chi connectivity index (χ0v) is 19.8. The average molecular weight is 474 g/mol. The quantitative estimate of drug-likeness (QED) is 0.491. The highest BCUT2D eigenvalue weighted by atomic mass is 19.1. The Bertz CT molecular complexity index is 1210. The van der Waals surface area contributed by atoms with Gasteiger partial charge in [0.2, 0.25) is 11.8 Å². The van der Waals surface area contributed by atoms with E-state index in [1.165, 1.54) is 17.1 Å². The molecule has 2 atom stereocenters. The molecular formula is C28H28FN3O3. The number of hydrogen-bond acceptors (Lipinski definition) is 4. The highest BCUT2D eigenvalue weighted by Gasteiger charge is 2.33. The molecule has 1 N–H and O–H groups in total. The standard InChI is InChI=1S/C28H28FN3O3/c1-19(22-9-6-10-23(29)17-22)30-27(33)15-16-28(34)32-26(21-11-13-24(35-2)14-12-21)18-25(31-32)20-7-4-3-5-8-20/h3-14,17,19,26H,15-16,18H2,1-2H3,(H,30,33). The molecule has 3 aromatic rings. The van der Waals surface area contributed by atoms with Crippen LogP contribution in [0.3, 0.4) is 0 Å². The summed E-state index contributed by atoms with van der Waals surface area (Å²) in [5.41, 5.74) is 3.39. The van der Waals surface area contributed by atoms with E-state index in [-0.39, 0.29) is 42.6 Å². The van der Waals surface area contributed by atoms with E-state index in [1.54, 1.807) is 26.2 Å². The van der Waals surface area contributed by atoms with E-state index in [1.807, 2.05) is 54.6 Å². The smallest absolute Gasteiger partial charge is 0.243 e. The summed E-state index contributed by atoms with van der Waals surface area (Å²) < 4.78 is 18.7. The summed E-state index contributed by atoms with van der Waals surface area (Å²) in [6.45, 7) is 1.78. The van der Waals surface area contributed by atoms with Crippen molar-refractivity contribution in [3.8, 4) is 5.75 Å². The predicted molar refractivity (Wildman–Crippen MR) is 132 cm³/mol. The van der Waals surface area contributed by atoms with Gasteiger partial charge in [0.1, 0.15) is 11.6 Å². The van der Waals surface area contributed by atoms with Gasteiger partial charge >= 0.3 is 0 Å². The van der Waals surface area contributed by atoms with E-state index in [2.05, 4.69) is 10.4 Å². The number of nitrogens with one attached hydrogen (secondary N) is 1. The van der Waals surface area contributed by atoms with E-state index in [0.29, 0.717) is 12.0 Å². The van der Waals surface area contributed by atoms with Crippen molar-refractivity contribution in [2.75, 3.05) is 7.11 Å². The fraction of sp³-hybridized carbons (Fsp3) is 0.250. The van der Waals surface area contributed by atoms with Crippen molar-refractivity contribution >= 4 is 17.5 Å².